The van der Waals surface area contributed by atoms with Gasteiger partial charge in [-0.3, -0.25) is 0 Å². The maximum absolute atomic E-state index is 12.2. The van der Waals surface area contributed by atoms with Gasteiger partial charge in [0.25, 0.3) is 0 Å². The Bertz CT molecular complexity index is 525. The van der Waals surface area contributed by atoms with Gasteiger partial charge in [0.2, 0.25) is 0 Å². The standard InChI is InChI=1S/C12H18N2O2S/c1-9-3-4-11-12(7-9)17(15,16)10(2)8-14(11)6-5-13/h3-4,7,10H,5-6,8,13H2,1-2H3. The Kier molecular flexibility index (Phi) is 3.14. The molecule has 0 spiro atoms. The summed E-state index contributed by atoms with van der Waals surface area (Å²) in [6, 6.07) is 5.57. The zero-order valence-corrected chi connectivity index (χ0v) is 11.0. The van der Waals surface area contributed by atoms with E-state index < -0.39 is 9.84 Å². The molecule has 0 amide bonds. The minimum absolute atomic E-state index is 0.372. The fourth-order valence-corrected chi connectivity index (χ4v) is 3.85. The van der Waals surface area contributed by atoms with Crippen LogP contribution in [0, 0.1) is 6.92 Å². The van der Waals surface area contributed by atoms with Crippen molar-refractivity contribution in [2.45, 2.75) is 24.0 Å². The summed E-state index contributed by atoms with van der Waals surface area (Å²) in [7, 11) is -3.18. The second kappa shape index (κ2) is 4.31. The molecular formula is C12H18N2O2S. The summed E-state index contributed by atoms with van der Waals surface area (Å²) in [5, 5.41) is -0.372. The molecule has 17 heavy (non-hydrogen) atoms. The number of fused-ring (bicyclic) bond motifs is 1. The van der Waals surface area contributed by atoms with Gasteiger partial charge in [0.15, 0.2) is 9.84 Å². The number of rotatable bonds is 2. The molecule has 2 rings (SSSR count). The molecule has 4 nitrogen and oxygen atoms in total. The number of sulfone groups is 1. The minimum atomic E-state index is -3.18. The molecular weight excluding hydrogens is 236 g/mol. The highest BCUT2D eigenvalue weighted by Crippen LogP contribution is 2.34. The van der Waals surface area contributed by atoms with E-state index in [0.717, 1.165) is 11.3 Å². The molecule has 1 heterocycles. The molecule has 5 heteroatoms. The number of hydrogen-bond donors (Lipinski definition) is 1. The number of anilines is 1. The maximum atomic E-state index is 12.2. The van der Waals surface area contributed by atoms with E-state index in [9.17, 15) is 8.42 Å². The summed E-state index contributed by atoms with van der Waals surface area (Å²) in [6.45, 7) is 5.40. The molecule has 0 saturated heterocycles. The fraction of sp³-hybridized carbons (Fsp3) is 0.500. The van der Waals surface area contributed by atoms with Crippen LogP contribution in [0.4, 0.5) is 5.69 Å². The SMILES string of the molecule is Cc1ccc2c(c1)S(=O)(=O)C(C)CN2CCN. The molecule has 1 atom stereocenters. The van der Waals surface area contributed by atoms with Crippen molar-refractivity contribution in [1.82, 2.24) is 0 Å². The first-order chi connectivity index (χ1) is 7.96. The first kappa shape index (κ1) is 12.4. The Hall–Kier alpha value is -1.07. The van der Waals surface area contributed by atoms with Crippen molar-refractivity contribution < 1.29 is 8.42 Å². The molecule has 1 aliphatic rings. The third-order valence-electron chi connectivity index (χ3n) is 3.17. The zero-order valence-electron chi connectivity index (χ0n) is 10.2. The Morgan fingerprint density at radius 2 is 2.18 bits per heavy atom. The summed E-state index contributed by atoms with van der Waals surface area (Å²) in [6.07, 6.45) is 0. The van der Waals surface area contributed by atoms with Gasteiger partial charge in [0.05, 0.1) is 15.8 Å². The second-order valence-electron chi connectivity index (χ2n) is 4.56. The second-order valence-corrected chi connectivity index (χ2v) is 6.90. The number of hydrogen-bond acceptors (Lipinski definition) is 4. The quantitative estimate of drug-likeness (QED) is 0.853. The van der Waals surface area contributed by atoms with Crippen molar-refractivity contribution in [2.24, 2.45) is 5.73 Å². The molecule has 0 bridgehead atoms. The van der Waals surface area contributed by atoms with Gasteiger partial charge in [-0.25, -0.2) is 8.42 Å². The molecule has 0 aromatic heterocycles. The smallest absolute Gasteiger partial charge is 0.184 e. The van der Waals surface area contributed by atoms with Crippen molar-refractivity contribution in [3.8, 4) is 0 Å². The average Bonchev–Trinajstić information content (AvgIpc) is 2.26. The van der Waals surface area contributed by atoms with Crippen LogP contribution in [0.3, 0.4) is 0 Å². The number of aryl methyl sites for hydroxylation is 1. The molecule has 1 unspecified atom stereocenters. The highest BCUT2D eigenvalue weighted by atomic mass is 32.2. The normalized spacial score (nSPS) is 22.3. The summed E-state index contributed by atoms with van der Waals surface area (Å²) < 4.78 is 24.5. The van der Waals surface area contributed by atoms with E-state index >= 15 is 0 Å². The first-order valence-electron chi connectivity index (χ1n) is 5.76. The summed E-state index contributed by atoms with van der Waals surface area (Å²) in [4.78, 5) is 2.50. The molecule has 0 radical (unpaired) electrons. The van der Waals surface area contributed by atoms with E-state index in [1.165, 1.54) is 0 Å². The van der Waals surface area contributed by atoms with E-state index in [1.807, 2.05) is 19.1 Å². The van der Waals surface area contributed by atoms with Gasteiger partial charge in [-0.1, -0.05) is 6.07 Å². The van der Waals surface area contributed by atoms with E-state index in [4.69, 9.17) is 5.73 Å². The largest absolute Gasteiger partial charge is 0.368 e. The summed E-state index contributed by atoms with van der Waals surface area (Å²) in [5.41, 5.74) is 7.33. The van der Waals surface area contributed by atoms with Gasteiger partial charge in [0.1, 0.15) is 0 Å². The predicted octanol–water partition coefficient (Wildman–Crippen LogP) is 0.936. The van der Waals surface area contributed by atoms with E-state index in [0.29, 0.717) is 24.5 Å². The molecule has 2 N–H and O–H groups in total. The fourth-order valence-electron chi connectivity index (χ4n) is 2.20. The van der Waals surface area contributed by atoms with E-state index in [-0.39, 0.29) is 5.25 Å². The highest BCUT2D eigenvalue weighted by molar-refractivity contribution is 7.92. The number of nitrogens with two attached hydrogens (primary N) is 1. The topological polar surface area (TPSA) is 63.4 Å². The Morgan fingerprint density at radius 3 is 2.82 bits per heavy atom. The van der Waals surface area contributed by atoms with Gasteiger partial charge in [-0.05, 0) is 31.5 Å². The number of benzene rings is 1. The lowest BCUT2D eigenvalue weighted by molar-refractivity contribution is 0.572. The monoisotopic (exact) mass is 254 g/mol. The van der Waals surface area contributed by atoms with Crippen LogP contribution in [0.25, 0.3) is 0 Å². The van der Waals surface area contributed by atoms with Crippen LogP contribution in [-0.2, 0) is 9.84 Å². The summed E-state index contributed by atoms with van der Waals surface area (Å²) in [5.74, 6) is 0. The van der Waals surface area contributed by atoms with Gasteiger partial charge < -0.3 is 10.6 Å². The van der Waals surface area contributed by atoms with Crippen molar-refractivity contribution in [3.05, 3.63) is 23.8 Å². The first-order valence-corrected chi connectivity index (χ1v) is 7.31. The van der Waals surface area contributed by atoms with Crippen LogP contribution < -0.4 is 10.6 Å². The number of nitrogens with zero attached hydrogens (tertiary/aromatic N) is 1. The van der Waals surface area contributed by atoms with Crippen molar-refractivity contribution in [2.75, 3.05) is 24.5 Å². The Morgan fingerprint density at radius 1 is 1.47 bits per heavy atom. The molecule has 0 fully saturated rings. The molecule has 0 saturated carbocycles. The third-order valence-corrected chi connectivity index (χ3v) is 5.32. The average molecular weight is 254 g/mol. The lowest BCUT2D eigenvalue weighted by atomic mass is 10.2. The van der Waals surface area contributed by atoms with E-state index in [2.05, 4.69) is 4.90 Å². The molecule has 1 aromatic carbocycles. The predicted molar refractivity (Wildman–Crippen MR) is 69.1 cm³/mol. The van der Waals surface area contributed by atoms with Crippen LogP contribution in [0.2, 0.25) is 0 Å². The van der Waals surface area contributed by atoms with Crippen LogP contribution in [-0.4, -0.2) is 33.3 Å². The lowest BCUT2D eigenvalue weighted by Gasteiger charge is -2.34. The van der Waals surface area contributed by atoms with Crippen LogP contribution in [0.1, 0.15) is 12.5 Å². The Labute approximate surface area is 102 Å². The minimum Gasteiger partial charge on any atom is -0.368 e. The molecule has 1 aliphatic heterocycles. The zero-order chi connectivity index (χ0) is 12.6. The Balaban J connectivity index is 2.59. The van der Waals surface area contributed by atoms with Crippen molar-refractivity contribution in [3.63, 3.8) is 0 Å². The van der Waals surface area contributed by atoms with Gasteiger partial charge in [-0.2, -0.15) is 0 Å². The molecule has 94 valence electrons. The lowest BCUT2D eigenvalue weighted by Crippen LogP contribution is -2.43. The molecule has 1 aromatic rings. The van der Waals surface area contributed by atoms with Crippen LogP contribution >= 0.6 is 0 Å². The van der Waals surface area contributed by atoms with Crippen LogP contribution in [0.5, 0.6) is 0 Å². The van der Waals surface area contributed by atoms with Crippen LogP contribution in [0.15, 0.2) is 23.1 Å². The third kappa shape index (κ3) is 2.05. The van der Waals surface area contributed by atoms with Gasteiger partial charge in [0, 0.05) is 19.6 Å². The summed E-state index contributed by atoms with van der Waals surface area (Å²) >= 11 is 0. The highest BCUT2D eigenvalue weighted by Gasteiger charge is 2.34. The molecule has 0 aliphatic carbocycles. The van der Waals surface area contributed by atoms with Gasteiger partial charge >= 0.3 is 0 Å². The van der Waals surface area contributed by atoms with Gasteiger partial charge in [-0.15, -0.1) is 0 Å². The van der Waals surface area contributed by atoms with Crippen molar-refractivity contribution in [1.29, 1.82) is 0 Å². The van der Waals surface area contributed by atoms with Crippen molar-refractivity contribution >= 4 is 15.5 Å². The van der Waals surface area contributed by atoms with E-state index in [1.54, 1.807) is 13.0 Å². The maximum Gasteiger partial charge on any atom is 0.184 e.